The van der Waals surface area contributed by atoms with E-state index in [4.69, 9.17) is 4.74 Å². The van der Waals surface area contributed by atoms with Gasteiger partial charge in [-0.2, -0.15) is 4.98 Å². The Morgan fingerprint density at radius 1 is 1.09 bits per heavy atom. The predicted octanol–water partition coefficient (Wildman–Crippen LogP) is 4.63. The molecule has 34 heavy (non-hydrogen) atoms. The molecule has 0 aliphatic heterocycles. The second-order valence-electron chi connectivity index (χ2n) is 7.27. The van der Waals surface area contributed by atoms with E-state index in [-0.39, 0.29) is 18.3 Å². The number of aromatic nitrogens is 3. The summed E-state index contributed by atoms with van der Waals surface area (Å²) >= 11 is 2.80. The molecule has 1 N–H and O–H groups in total. The van der Waals surface area contributed by atoms with Crippen LogP contribution in [-0.2, 0) is 16.1 Å². The first-order valence-corrected chi connectivity index (χ1v) is 12.4. The largest absolute Gasteiger partial charge is 0.462 e. The van der Waals surface area contributed by atoms with Crippen LogP contribution >= 0.6 is 23.1 Å². The zero-order valence-electron chi connectivity index (χ0n) is 18.7. The van der Waals surface area contributed by atoms with Crippen LogP contribution in [0.25, 0.3) is 10.3 Å². The average molecular weight is 494 g/mol. The number of benzene rings is 2. The Kier molecular flexibility index (Phi) is 7.71. The molecule has 10 heteroatoms. The van der Waals surface area contributed by atoms with Gasteiger partial charge >= 0.3 is 5.97 Å². The number of fused-ring (bicyclic) bond motifs is 1. The molecule has 2 aromatic carbocycles. The average Bonchev–Trinajstić information content (AvgIpc) is 3.29. The smallest absolute Gasteiger partial charge is 0.340 e. The summed E-state index contributed by atoms with van der Waals surface area (Å²) in [5, 5.41) is 4.31. The van der Waals surface area contributed by atoms with Crippen LogP contribution < -0.4 is 10.2 Å². The number of carbonyl (C=O) groups is 2. The van der Waals surface area contributed by atoms with Gasteiger partial charge in [-0.15, -0.1) is 0 Å². The molecule has 8 nitrogen and oxygen atoms in total. The third-order valence-electron chi connectivity index (χ3n) is 4.77. The van der Waals surface area contributed by atoms with E-state index in [1.807, 2.05) is 25.2 Å². The monoisotopic (exact) mass is 493 g/mol. The number of nitrogens with zero attached hydrogens (tertiary/aromatic N) is 4. The molecule has 0 aliphatic rings. The number of hydrogen-bond donors (Lipinski definition) is 1. The van der Waals surface area contributed by atoms with Crippen molar-refractivity contribution < 1.29 is 14.3 Å². The van der Waals surface area contributed by atoms with Gasteiger partial charge < -0.3 is 15.0 Å². The highest BCUT2D eigenvalue weighted by Gasteiger charge is 2.17. The molecule has 4 rings (SSSR count). The lowest BCUT2D eigenvalue weighted by Crippen LogP contribution is -2.17. The van der Waals surface area contributed by atoms with Gasteiger partial charge in [0.05, 0.1) is 23.6 Å². The third kappa shape index (κ3) is 5.70. The summed E-state index contributed by atoms with van der Waals surface area (Å²) in [5.41, 5.74) is 2.53. The zero-order chi connectivity index (χ0) is 23.9. The lowest BCUT2D eigenvalue weighted by Gasteiger charge is -2.15. The Bertz CT molecular complexity index is 1300. The van der Waals surface area contributed by atoms with E-state index in [1.54, 1.807) is 31.2 Å². The van der Waals surface area contributed by atoms with E-state index in [0.29, 0.717) is 21.9 Å². The second kappa shape index (κ2) is 11.1. The van der Waals surface area contributed by atoms with Gasteiger partial charge in [-0.25, -0.2) is 14.8 Å². The molecule has 174 valence electrons. The number of thioether (sulfide) groups is 1. The summed E-state index contributed by atoms with van der Waals surface area (Å²) in [7, 11) is 1.99. The van der Waals surface area contributed by atoms with Gasteiger partial charge in [-0.05, 0) is 24.6 Å². The van der Waals surface area contributed by atoms with Gasteiger partial charge in [0.1, 0.15) is 16.1 Å². The highest BCUT2D eigenvalue weighted by molar-refractivity contribution is 8.00. The molecule has 0 saturated carbocycles. The molecule has 0 unspecified atom stereocenters. The van der Waals surface area contributed by atoms with Crippen LogP contribution in [0.1, 0.15) is 22.8 Å². The van der Waals surface area contributed by atoms with Crippen molar-refractivity contribution in [2.45, 2.75) is 18.5 Å². The normalized spacial score (nSPS) is 10.8. The van der Waals surface area contributed by atoms with Gasteiger partial charge in [0, 0.05) is 13.6 Å². The molecule has 4 aromatic rings. The van der Waals surface area contributed by atoms with Crippen molar-refractivity contribution in [2.75, 3.05) is 29.6 Å². The molecule has 0 fully saturated rings. The summed E-state index contributed by atoms with van der Waals surface area (Å²) in [5.74, 6) is -0.601. The number of ether oxygens (including phenoxy) is 1. The predicted molar refractivity (Wildman–Crippen MR) is 136 cm³/mol. The number of anilines is 2. The van der Waals surface area contributed by atoms with Gasteiger partial charge in [0.2, 0.25) is 5.91 Å². The molecular formula is C24H23N5O3S2. The lowest BCUT2D eigenvalue weighted by atomic mass is 10.2. The van der Waals surface area contributed by atoms with E-state index < -0.39 is 5.97 Å². The van der Waals surface area contributed by atoms with E-state index in [9.17, 15) is 9.59 Å². The molecule has 0 radical (unpaired) electrons. The molecular weight excluding hydrogens is 470 g/mol. The Labute approximate surface area is 205 Å². The van der Waals surface area contributed by atoms with E-state index in [0.717, 1.165) is 16.4 Å². The van der Waals surface area contributed by atoms with Crippen LogP contribution in [-0.4, -0.2) is 46.2 Å². The number of para-hydroxylation sites is 1. The maximum absolute atomic E-state index is 12.6. The van der Waals surface area contributed by atoms with Crippen molar-refractivity contribution in [3.63, 3.8) is 0 Å². The summed E-state index contributed by atoms with van der Waals surface area (Å²) < 4.78 is 5.90. The van der Waals surface area contributed by atoms with Crippen LogP contribution in [0.3, 0.4) is 0 Å². The Balaban J connectivity index is 1.44. The fourth-order valence-corrected chi connectivity index (χ4v) is 5.06. The number of esters is 1. The fraction of sp³-hybridized carbons (Fsp3) is 0.208. The maximum atomic E-state index is 12.6. The summed E-state index contributed by atoms with van der Waals surface area (Å²) in [6.07, 6.45) is 1.46. The first-order chi connectivity index (χ1) is 16.5. The lowest BCUT2D eigenvalue weighted by molar-refractivity contribution is -0.113. The third-order valence-corrected chi connectivity index (χ3v) is 7.06. The van der Waals surface area contributed by atoms with Crippen LogP contribution in [0.2, 0.25) is 0 Å². The standard InChI is InChI=1S/C24H23N5O3S2/c1-3-32-23(31)17-11-7-8-12-18(17)27-19(30)14-33-22-20-21(25-15-26-22)28-24(34-20)29(2)13-16-9-5-4-6-10-16/h4-12,15H,3,13-14H2,1-2H3,(H,27,30). The van der Waals surface area contributed by atoms with Crippen molar-refractivity contribution in [1.82, 2.24) is 15.0 Å². The molecule has 0 bridgehead atoms. The first kappa shape index (κ1) is 23.7. The van der Waals surface area contributed by atoms with Gasteiger partial charge in [0.25, 0.3) is 0 Å². The minimum atomic E-state index is -0.472. The number of thiazole rings is 1. The molecule has 1 amide bonds. The van der Waals surface area contributed by atoms with Crippen LogP contribution in [0.5, 0.6) is 0 Å². The molecule has 0 aliphatic carbocycles. The van der Waals surface area contributed by atoms with E-state index in [2.05, 4.69) is 37.3 Å². The van der Waals surface area contributed by atoms with Gasteiger partial charge in [-0.3, -0.25) is 4.79 Å². The zero-order valence-corrected chi connectivity index (χ0v) is 20.4. The van der Waals surface area contributed by atoms with Crippen molar-refractivity contribution in [3.8, 4) is 0 Å². The number of amides is 1. The maximum Gasteiger partial charge on any atom is 0.340 e. The topological polar surface area (TPSA) is 97.3 Å². The van der Waals surface area contributed by atoms with Gasteiger partial charge in [-0.1, -0.05) is 65.6 Å². The Morgan fingerprint density at radius 2 is 1.85 bits per heavy atom. The van der Waals surface area contributed by atoms with Crippen molar-refractivity contribution >= 4 is 56.1 Å². The summed E-state index contributed by atoms with van der Waals surface area (Å²) in [6.45, 7) is 2.72. The Hall–Kier alpha value is -3.50. The van der Waals surface area contributed by atoms with Crippen LogP contribution in [0.4, 0.5) is 10.8 Å². The molecule has 0 saturated heterocycles. The van der Waals surface area contributed by atoms with Crippen LogP contribution in [0, 0.1) is 0 Å². The van der Waals surface area contributed by atoms with E-state index >= 15 is 0 Å². The molecule has 2 heterocycles. The van der Waals surface area contributed by atoms with Crippen molar-refractivity contribution in [2.24, 2.45) is 0 Å². The van der Waals surface area contributed by atoms with Crippen molar-refractivity contribution in [1.29, 1.82) is 0 Å². The molecule has 0 atom stereocenters. The Morgan fingerprint density at radius 3 is 2.65 bits per heavy atom. The highest BCUT2D eigenvalue weighted by atomic mass is 32.2. The molecule has 2 aromatic heterocycles. The van der Waals surface area contributed by atoms with Crippen molar-refractivity contribution in [3.05, 3.63) is 72.1 Å². The fourth-order valence-electron chi connectivity index (χ4n) is 3.21. The second-order valence-corrected chi connectivity index (χ2v) is 9.21. The SMILES string of the molecule is CCOC(=O)c1ccccc1NC(=O)CSc1ncnc2nc(N(C)Cc3ccccc3)sc12. The summed E-state index contributed by atoms with van der Waals surface area (Å²) in [6, 6.07) is 16.9. The van der Waals surface area contributed by atoms with E-state index in [1.165, 1.54) is 35.0 Å². The minimum Gasteiger partial charge on any atom is -0.462 e. The highest BCUT2D eigenvalue weighted by Crippen LogP contribution is 2.33. The molecule has 0 spiro atoms. The van der Waals surface area contributed by atoms with Crippen LogP contribution in [0.15, 0.2) is 66.0 Å². The van der Waals surface area contributed by atoms with Gasteiger partial charge in [0.15, 0.2) is 10.8 Å². The number of hydrogen-bond acceptors (Lipinski definition) is 9. The number of carbonyl (C=O) groups excluding carboxylic acids is 2. The quantitative estimate of drug-likeness (QED) is 0.205. The minimum absolute atomic E-state index is 0.121. The summed E-state index contributed by atoms with van der Waals surface area (Å²) in [4.78, 5) is 40.1. The first-order valence-electron chi connectivity index (χ1n) is 10.6. The number of rotatable bonds is 9. The number of nitrogens with one attached hydrogen (secondary N) is 1.